The second kappa shape index (κ2) is 6.39. The summed E-state index contributed by atoms with van der Waals surface area (Å²) in [7, 11) is 3.64. The lowest BCUT2D eigenvalue weighted by Crippen LogP contribution is -2.58. The van der Waals surface area contributed by atoms with E-state index in [9.17, 15) is 0 Å². The zero-order valence-electron chi connectivity index (χ0n) is 19.0. The molecule has 0 aromatic heterocycles. The smallest absolute Gasteiger partial charge is 0.167 e. The van der Waals surface area contributed by atoms with Crippen LogP contribution in [0.3, 0.4) is 0 Å². The predicted molar refractivity (Wildman–Crippen MR) is 107 cm³/mol. The van der Waals surface area contributed by atoms with Crippen molar-refractivity contribution < 1.29 is 28.4 Å². The van der Waals surface area contributed by atoms with Gasteiger partial charge >= 0.3 is 0 Å². The Morgan fingerprint density at radius 2 is 1.76 bits per heavy atom. The molecule has 6 unspecified atom stereocenters. The molecule has 4 aliphatic heterocycles. The second-order valence-corrected chi connectivity index (χ2v) is 11.3. The Labute approximate surface area is 174 Å². The molecule has 1 aliphatic carbocycles. The fourth-order valence-electron chi connectivity index (χ4n) is 7.83. The van der Waals surface area contributed by atoms with Crippen molar-refractivity contribution in [1.82, 2.24) is 0 Å². The lowest BCUT2D eigenvalue weighted by Gasteiger charge is -2.50. The van der Waals surface area contributed by atoms with Crippen molar-refractivity contribution in [1.29, 1.82) is 0 Å². The molecule has 0 N–H and O–H groups in total. The van der Waals surface area contributed by atoms with Gasteiger partial charge in [-0.3, -0.25) is 0 Å². The third-order valence-corrected chi connectivity index (χ3v) is 9.50. The molecule has 4 heterocycles. The maximum Gasteiger partial charge on any atom is 0.167 e. The van der Waals surface area contributed by atoms with Crippen LogP contribution in [0, 0.1) is 28.1 Å². The van der Waals surface area contributed by atoms with Gasteiger partial charge in [-0.15, -0.1) is 0 Å². The highest BCUT2D eigenvalue weighted by atomic mass is 16.7. The first-order valence-electron chi connectivity index (χ1n) is 11.2. The Balaban J connectivity index is 1.64. The van der Waals surface area contributed by atoms with E-state index in [1.54, 1.807) is 0 Å². The first-order valence-corrected chi connectivity index (χ1v) is 11.2. The van der Waals surface area contributed by atoms with E-state index in [4.69, 9.17) is 28.4 Å². The number of methoxy groups -OCH3 is 2. The van der Waals surface area contributed by atoms with Gasteiger partial charge in [-0.25, -0.2) is 0 Å². The van der Waals surface area contributed by atoms with Crippen molar-refractivity contribution in [2.75, 3.05) is 34.0 Å². The molecular formula is C23H38O6. The van der Waals surface area contributed by atoms with Crippen LogP contribution in [0.1, 0.15) is 47.5 Å². The topological polar surface area (TPSA) is 55.4 Å². The van der Waals surface area contributed by atoms with E-state index in [2.05, 4.69) is 34.6 Å². The molecule has 0 bridgehead atoms. The normalized spacial score (nSPS) is 56.2. The van der Waals surface area contributed by atoms with Gasteiger partial charge in [0.05, 0.1) is 55.3 Å². The molecule has 0 amide bonds. The molecular weight excluding hydrogens is 372 g/mol. The van der Waals surface area contributed by atoms with Crippen molar-refractivity contribution in [2.24, 2.45) is 28.1 Å². The summed E-state index contributed by atoms with van der Waals surface area (Å²) in [5, 5.41) is 0. The van der Waals surface area contributed by atoms with Gasteiger partial charge in [0.2, 0.25) is 0 Å². The Morgan fingerprint density at radius 3 is 2.41 bits per heavy atom. The van der Waals surface area contributed by atoms with Gasteiger partial charge < -0.3 is 28.4 Å². The SMILES string of the molecule is CO[C@H]1COC2OC3COC4C[C@@H](C(C)(C)C)C21C43CC1OC[C@@H](C)[C@@]1(C)OC. The molecule has 5 aliphatic rings. The van der Waals surface area contributed by atoms with Crippen LogP contribution >= 0.6 is 0 Å². The molecule has 5 fully saturated rings. The Morgan fingerprint density at radius 1 is 1.00 bits per heavy atom. The summed E-state index contributed by atoms with van der Waals surface area (Å²) in [5.74, 6) is 0.731. The van der Waals surface area contributed by atoms with Gasteiger partial charge in [-0.1, -0.05) is 27.7 Å². The first kappa shape index (κ1) is 20.7. The average molecular weight is 411 g/mol. The highest BCUT2D eigenvalue weighted by molar-refractivity contribution is 5.28. The van der Waals surface area contributed by atoms with Gasteiger partial charge in [-0.2, -0.15) is 0 Å². The molecule has 1 saturated carbocycles. The Bertz CT molecular complexity index is 658. The van der Waals surface area contributed by atoms with Crippen molar-refractivity contribution in [3.63, 3.8) is 0 Å². The molecule has 0 aromatic rings. The van der Waals surface area contributed by atoms with Gasteiger partial charge in [0.15, 0.2) is 6.29 Å². The van der Waals surface area contributed by atoms with E-state index >= 15 is 0 Å². The van der Waals surface area contributed by atoms with E-state index in [0.29, 0.717) is 25.0 Å². The van der Waals surface area contributed by atoms with E-state index < -0.39 is 0 Å². The molecule has 4 saturated heterocycles. The van der Waals surface area contributed by atoms with Crippen LogP contribution < -0.4 is 0 Å². The zero-order chi connectivity index (χ0) is 20.8. The summed E-state index contributed by atoms with van der Waals surface area (Å²) < 4.78 is 37.9. The molecule has 0 radical (unpaired) electrons. The lowest BCUT2D eigenvalue weighted by atomic mass is 9.53. The second-order valence-electron chi connectivity index (χ2n) is 11.3. The van der Waals surface area contributed by atoms with Crippen LogP contribution in [0.5, 0.6) is 0 Å². The van der Waals surface area contributed by atoms with Crippen molar-refractivity contribution in [2.45, 2.75) is 83.8 Å². The maximum atomic E-state index is 6.61. The van der Waals surface area contributed by atoms with Crippen molar-refractivity contribution in [3.05, 3.63) is 0 Å². The van der Waals surface area contributed by atoms with Crippen LogP contribution in [0.2, 0.25) is 0 Å². The number of hydrogen-bond acceptors (Lipinski definition) is 6. The highest BCUT2D eigenvalue weighted by Gasteiger charge is 2.84. The maximum absolute atomic E-state index is 6.61. The number of ether oxygens (including phenoxy) is 6. The predicted octanol–water partition coefficient (Wildman–Crippen LogP) is 3.02. The third kappa shape index (κ3) is 2.29. The molecule has 29 heavy (non-hydrogen) atoms. The summed E-state index contributed by atoms with van der Waals surface area (Å²) in [5.41, 5.74) is -0.623. The number of rotatable bonds is 4. The molecule has 5 rings (SSSR count). The summed E-state index contributed by atoms with van der Waals surface area (Å²) in [4.78, 5) is 0. The fraction of sp³-hybridized carbons (Fsp3) is 1.00. The minimum absolute atomic E-state index is 0.000975. The van der Waals surface area contributed by atoms with Crippen molar-refractivity contribution in [3.8, 4) is 0 Å². The molecule has 0 aromatic carbocycles. The van der Waals surface area contributed by atoms with Crippen LogP contribution in [-0.2, 0) is 28.4 Å². The molecule has 1 spiro atoms. The van der Waals surface area contributed by atoms with Crippen LogP contribution in [-0.4, -0.2) is 70.3 Å². The molecule has 6 heteroatoms. The largest absolute Gasteiger partial charge is 0.378 e. The standard InChI is InChI=1S/C23H38O6/c1-13-10-26-16(21(13,5)25-7)9-22-15-8-14(20(2,3)4)23(22)18(24-6)12-28-19(23)29-17(22)11-27-15/h13-19H,8-12H2,1-7H3/t13-,14+,15?,16?,17?,18+,19?,21-,22?,23?/m1/s1. The van der Waals surface area contributed by atoms with E-state index in [1.807, 2.05) is 14.2 Å². The number of hydrogen-bond donors (Lipinski definition) is 0. The van der Waals surface area contributed by atoms with Crippen LogP contribution in [0.15, 0.2) is 0 Å². The molecule has 10 atom stereocenters. The Hall–Kier alpha value is -0.240. The fourth-order valence-corrected chi connectivity index (χ4v) is 7.83. The van der Waals surface area contributed by atoms with Gasteiger partial charge in [0.1, 0.15) is 0 Å². The van der Waals surface area contributed by atoms with Crippen LogP contribution in [0.4, 0.5) is 0 Å². The van der Waals surface area contributed by atoms with E-state index in [-0.39, 0.29) is 52.6 Å². The highest BCUT2D eigenvalue weighted by Crippen LogP contribution is 2.76. The van der Waals surface area contributed by atoms with E-state index in [0.717, 1.165) is 19.4 Å². The van der Waals surface area contributed by atoms with E-state index in [1.165, 1.54) is 0 Å². The molecule has 6 nitrogen and oxygen atoms in total. The minimum Gasteiger partial charge on any atom is -0.378 e. The zero-order valence-corrected chi connectivity index (χ0v) is 19.0. The summed E-state index contributed by atoms with van der Waals surface area (Å²) in [6, 6.07) is 0. The van der Waals surface area contributed by atoms with Crippen LogP contribution in [0.25, 0.3) is 0 Å². The van der Waals surface area contributed by atoms with Gasteiger partial charge in [0, 0.05) is 25.6 Å². The quantitative estimate of drug-likeness (QED) is 0.710. The lowest BCUT2D eigenvalue weighted by molar-refractivity contribution is -0.163. The first-order chi connectivity index (χ1) is 13.7. The Kier molecular flexibility index (Phi) is 4.55. The monoisotopic (exact) mass is 410 g/mol. The van der Waals surface area contributed by atoms with Crippen molar-refractivity contribution >= 4 is 0 Å². The minimum atomic E-state index is -0.310. The van der Waals surface area contributed by atoms with Gasteiger partial charge in [0.25, 0.3) is 0 Å². The summed E-state index contributed by atoms with van der Waals surface area (Å²) >= 11 is 0. The van der Waals surface area contributed by atoms with Gasteiger partial charge in [-0.05, 0) is 31.1 Å². The summed E-state index contributed by atoms with van der Waals surface area (Å²) in [6.07, 6.45) is 1.82. The average Bonchev–Trinajstić information content (AvgIpc) is 3.39. The summed E-state index contributed by atoms with van der Waals surface area (Å²) in [6.45, 7) is 13.4. The third-order valence-electron chi connectivity index (χ3n) is 9.50. The molecule has 166 valence electrons.